The fraction of sp³-hybridized carbons (Fsp3) is 0.615. The van der Waals surface area contributed by atoms with Gasteiger partial charge in [-0.1, -0.05) is 24.3 Å². The topological polar surface area (TPSA) is 197 Å². The lowest BCUT2D eigenvalue weighted by Crippen LogP contribution is -2.60. The molecule has 3 heterocycles. The molecule has 13 heteroatoms. The normalized spacial score (nSPS) is 38.8. The molecule has 0 amide bonds. The molecule has 7 N–H and O–H groups in total. The van der Waals surface area contributed by atoms with E-state index in [2.05, 4.69) is 0 Å². The summed E-state index contributed by atoms with van der Waals surface area (Å²) in [6.07, 6.45) is -14.4. The third-order valence-corrected chi connectivity index (χ3v) is 7.50. The number of rotatable bonds is 6. The molecule has 0 bridgehead atoms. The van der Waals surface area contributed by atoms with E-state index in [9.17, 15) is 35.7 Å². The highest BCUT2D eigenvalue weighted by molar-refractivity contribution is 5.96. The van der Waals surface area contributed by atoms with Crippen molar-refractivity contribution in [1.82, 2.24) is 0 Å². The van der Waals surface area contributed by atoms with Crippen LogP contribution in [0, 0.1) is 0 Å². The number of methoxy groups -OCH3 is 1. The predicted molar refractivity (Wildman–Crippen MR) is 131 cm³/mol. The molecule has 2 fully saturated rings. The molecule has 3 aliphatic rings. The molecule has 0 aliphatic carbocycles. The Hall–Kier alpha value is -2.14. The summed E-state index contributed by atoms with van der Waals surface area (Å²) in [6, 6.07) is 6.97. The Labute approximate surface area is 223 Å². The van der Waals surface area contributed by atoms with Crippen LogP contribution in [0.4, 0.5) is 0 Å². The van der Waals surface area contributed by atoms with E-state index in [1.165, 1.54) is 7.11 Å². The quantitative estimate of drug-likeness (QED) is 0.213. The van der Waals surface area contributed by atoms with Crippen molar-refractivity contribution in [1.29, 1.82) is 0 Å². The van der Waals surface area contributed by atoms with E-state index in [1.807, 2.05) is 0 Å². The Morgan fingerprint density at radius 1 is 0.769 bits per heavy atom. The van der Waals surface area contributed by atoms with Gasteiger partial charge >= 0.3 is 0 Å². The lowest BCUT2D eigenvalue weighted by atomic mass is 9.93. The van der Waals surface area contributed by atoms with Gasteiger partial charge in [0.15, 0.2) is 6.29 Å². The second-order valence-corrected chi connectivity index (χ2v) is 9.96. The fourth-order valence-corrected chi connectivity index (χ4v) is 5.18. The second kappa shape index (κ2) is 11.4. The molecule has 3 aliphatic heterocycles. The molecule has 0 aromatic heterocycles. The van der Waals surface area contributed by atoms with E-state index in [0.717, 1.165) is 0 Å². The fourth-order valence-electron chi connectivity index (χ4n) is 5.18. The molecule has 0 radical (unpaired) electrons. The molecule has 2 saturated heterocycles. The van der Waals surface area contributed by atoms with Gasteiger partial charge in [-0.05, 0) is 6.92 Å². The maximum atomic E-state index is 10.6. The Morgan fingerprint density at radius 2 is 1.33 bits per heavy atom. The van der Waals surface area contributed by atoms with Crippen LogP contribution in [-0.2, 0) is 32.0 Å². The van der Waals surface area contributed by atoms with Gasteiger partial charge in [-0.15, -0.1) is 0 Å². The van der Waals surface area contributed by atoms with E-state index < -0.39 is 74.3 Å². The maximum absolute atomic E-state index is 10.6. The molecule has 0 unspecified atom stereocenters. The Balaban J connectivity index is 1.59. The van der Waals surface area contributed by atoms with Gasteiger partial charge in [0.25, 0.3) is 0 Å². The Bertz CT molecular complexity index is 1160. The van der Waals surface area contributed by atoms with Crippen molar-refractivity contribution in [2.24, 2.45) is 0 Å². The zero-order valence-electron chi connectivity index (χ0n) is 21.4. The van der Waals surface area contributed by atoms with Gasteiger partial charge in [-0.25, -0.2) is 0 Å². The summed E-state index contributed by atoms with van der Waals surface area (Å²) in [5.41, 5.74) is 1.09. The van der Waals surface area contributed by atoms with E-state index in [4.69, 9.17) is 28.4 Å². The molecular weight excluding hydrogens is 520 g/mol. The third kappa shape index (κ3) is 5.09. The second-order valence-electron chi connectivity index (χ2n) is 9.96. The van der Waals surface area contributed by atoms with Crippen LogP contribution in [0.15, 0.2) is 24.3 Å². The highest BCUT2D eigenvalue weighted by atomic mass is 16.7. The van der Waals surface area contributed by atoms with Crippen LogP contribution in [0.5, 0.6) is 11.5 Å². The standard InChI is InChI=1S/C26H34O13/c1-10-17(28)19(30)21(32)25(36-10)39-24-12-6-4-3-5-11(12)23(13-7-16(34-2)35-9-14(13)24)38-26-22(33)20(31)18(29)15(8-27)37-26/h3-6,10,15-22,25-33H,7-9H2,1-2H3/t10-,15-,16-,17-,18-,19+,20+,21-,22-,25+,26+/m1/s1. The van der Waals surface area contributed by atoms with Crippen molar-refractivity contribution in [3.63, 3.8) is 0 Å². The third-order valence-electron chi connectivity index (χ3n) is 7.50. The SMILES string of the molecule is CO[C@H]1Cc2c(c(O[C@@H]3O[C@H](C)[C@@H](O)[C@H](O)[C@H]3O)c3ccccc3c2O[C@@H]2O[C@H](CO)[C@@H](O)[C@H](O)[C@H]2O)CO1. The molecule has 216 valence electrons. The van der Waals surface area contributed by atoms with Gasteiger partial charge < -0.3 is 64.2 Å². The summed E-state index contributed by atoms with van der Waals surface area (Å²) in [4.78, 5) is 0. The first-order chi connectivity index (χ1) is 18.7. The van der Waals surface area contributed by atoms with Crippen molar-refractivity contribution in [3.8, 4) is 11.5 Å². The largest absolute Gasteiger partial charge is 0.461 e. The molecule has 0 saturated carbocycles. The highest BCUT2D eigenvalue weighted by Crippen LogP contribution is 2.46. The van der Waals surface area contributed by atoms with Crippen molar-refractivity contribution in [2.45, 2.75) is 87.7 Å². The number of benzene rings is 2. The first-order valence-electron chi connectivity index (χ1n) is 12.7. The smallest absolute Gasteiger partial charge is 0.229 e. The van der Waals surface area contributed by atoms with E-state index >= 15 is 0 Å². The molecule has 5 rings (SSSR count). The minimum atomic E-state index is -1.63. The zero-order chi connectivity index (χ0) is 28.0. The van der Waals surface area contributed by atoms with Crippen LogP contribution in [0.25, 0.3) is 10.8 Å². The van der Waals surface area contributed by atoms with Crippen LogP contribution < -0.4 is 9.47 Å². The van der Waals surface area contributed by atoms with E-state index in [-0.39, 0.29) is 24.5 Å². The Morgan fingerprint density at radius 3 is 1.92 bits per heavy atom. The van der Waals surface area contributed by atoms with E-state index in [0.29, 0.717) is 21.9 Å². The number of aliphatic hydroxyl groups is 7. The molecule has 11 atom stereocenters. The molecular formula is C26H34O13. The summed E-state index contributed by atoms with van der Waals surface area (Å²) in [6.45, 7) is 0.939. The summed E-state index contributed by atoms with van der Waals surface area (Å²) >= 11 is 0. The van der Waals surface area contributed by atoms with Gasteiger partial charge in [0.2, 0.25) is 12.6 Å². The number of hydrogen-bond acceptors (Lipinski definition) is 13. The summed E-state index contributed by atoms with van der Waals surface area (Å²) in [5, 5.41) is 72.7. The lowest BCUT2D eigenvalue weighted by molar-refractivity contribution is -0.277. The van der Waals surface area contributed by atoms with Crippen LogP contribution >= 0.6 is 0 Å². The average molecular weight is 555 g/mol. The van der Waals surface area contributed by atoms with Gasteiger partial charge in [0.05, 0.1) is 19.3 Å². The molecule has 39 heavy (non-hydrogen) atoms. The number of ether oxygens (including phenoxy) is 6. The Kier molecular flexibility index (Phi) is 8.29. The predicted octanol–water partition coefficient (Wildman–Crippen LogP) is -1.73. The molecule has 0 spiro atoms. The average Bonchev–Trinajstić information content (AvgIpc) is 2.95. The lowest BCUT2D eigenvalue weighted by Gasteiger charge is -2.41. The van der Waals surface area contributed by atoms with Crippen LogP contribution in [0.2, 0.25) is 0 Å². The van der Waals surface area contributed by atoms with Gasteiger partial charge in [-0.3, -0.25) is 0 Å². The van der Waals surface area contributed by atoms with Crippen LogP contribution in [0.1, 0.15) is 18.1 Å². The highest BCUT2D eigenvalue weighted by Gasteiger charge is 2.46. The van der Waals surface area contributed by atoms with Crippen molar-refractivity contribution >= 4 is 10.8 Å². The molecule has 2 aromatic carbocycles. The number of fused-ring (bicyclic) bond motifs is 2. The van der Waals surface area contributed by atoms with Crippen molar-refractivity contribution in [3.05, 3.63) is 35.4 Å². The first kappa shape index (κ1) is 28.4. The van der Waals surface area contributed by atoms with Crippen LogP contribution in [-0.4, -0.2) is 117 Å². The molecule has 2 aromatic rings. The van der Waals surface area contributed by atoms with Gasteiger partial charge in [0.1, 0.15) is 54.2 Å². The minimum absolute atomic E-state index is 0.00258. The van der Waals surface area contributed by atoms with Crippen LogP contribution in [0.3, 0.4) is 0 Å². The van der Waals surface area contributed by atoms with Gasteiger partial charge in [-0.2, -0.15) is 0 Å². The molecule has 13 nitrogen and oxygen atoms in total. The minimum Gasteiger partial charge on any atom is -0.461 e. The number of hydrogen-bond donors (Lipinski definition) is 7. The summed E-state index contributed by atoms with van der Waals surface area (Å²) in [7, 11) is 1.48. The summed E-state index contributed by atoms with van der Waals surface area (Å²) < 4.78 is 34.8. The monoisotopic (exact) mass is 554 g/mol. The summed E-state index contributed by atoms with van der Waals surface area (Å²) in [5.74, 6) is 0.563. The first-order valence-corrected chi connectivity index (χ1v) is 12.7. The van der Waals surface area contributed by atoms with Crippen molar-refractivity contribution < 1.29 is 64.2 Å². The number of aliphatic hydroxyl groups excluding tert-OH is 7. The van der Waals surface area contributed by atoms with E-state index in [1.54, 1.807) is 31.2 Å². The van der Waals surface area contributed by atoms with Crippen molar-refractivity contribution in [2.75, 3.05) is 13.7 Å². The maximum Gasteiger partial charge on any atom is 0.229 e. The zero-order valence-corrected chi connectivity index (χ0v) is 21.4. The van der Waals surface area contributed by atoms with Gasteiger partial charge in [0, 0.05) is 35.4 Å².